The van der Waals surface area contributed by atoms with E-state index in [0.717, 1.165) is 27.8 Å². The maximum atomic E-state index is 13.1. The van der Waals surface area contributed by atoms with Gasteiger partial charge in [0.1, 0.15) is 17.9 Å². The average Bonchev–Trinajstić information content (AvgIpc) is 3.19. The maximum Gasteiger partial charge on any atom is 0.449 e. The van der Waals surface area contributed by atoms with Crippen molar-refractivity contribution in [1.82, 2.24) is 14.5 Å². The van der Waals surface area contributed by atoms with Gasteiger partial charge in [-0.05, 0) is 35.4 Å². The number of nitrogens with two attached hydrogens (primary N) is 1. The van der Waals surface area contributed by atoms with E-state index in [1.165, 1.54) is 18.5 Å². The number of anilines is 1. The summed E-state index contributed by atoms with van der Waals surface area (Å²) >= 11 is 0. The molecule has 0 spiro atoms. The van der Waals surface area contributed by atoms with Gasteiger partial charge in [-0.15, -0.1) is 0 Å². The van der Waals surface area contributed by atoms with Gasteiger partial charge >= 0.3 is 11.9 Å². The molecule has 7 nitrogen and oxygen atoms in total. The predicted molar refractivity (Wildman–Crippen MR) is 104 cm³/mol. The maximum absolute atomic E-state index is 13.1. The van der Waals surface area contributed by atoms with Crippen LogP contribution in [0.5, 0.6) is 0 Å². The molecule has 1 aromatic carbocycles. The lowest BCUT2D eigenvalue weighted by atomic mass is 9.95. The smallest absolute Gasteiger partial charge is 0.449 e. The Balaban J connectivity index is 1.49. The van der Waals surface area contributed by atoms with Crippen LogP contribution < -0.4 is 16.3 Å². The Hall–Kier alpha value is -3.47. The van der Waals surface area contributed by atoms with E-state index < -0.39 is 23.7 Å². The molecule has 3 aromatic rings. The predicted octanol–water partition coefficient (Wildman–Crippen LogP) is 2.67. The molecule has 1 aliphatic heterocycles. The van der Waals surface area contributed by atoms with E-state index in [1.54, 1.807) is 17.0 Å². The molecule has 4 rings (SSSR count). The van der Waals surface area contributed by atoms with Crippen LogP contribution in [0.25, 0.3) is 5.57 Å². The number of furan rings is 1. The lowest BCUT2D eigenvalue weighted by Gasteiger charge is -2.31. The van der Waals surface area contributed by atoms with Crippen LogP contribution in [0.1, 0.15) is 17.1 Å². The highest BCUT2D eigenvalue weighted by atomic mass is 19.4. The van der Waals surface area contributed by atoms with Crippen LogP contribution in [0.3, 0.4) is 0 Å². The summed E-state index contributed by atoms with van der Waals surface area (Å²) in [5.41, 5.74) is 7.21. The van der Waals surface area contributed by atoms with Gasteiger partial charge in [0.05, 0.1) is 6.54 Å². The molecule has 1 aliphatic rings. The number of rotatable bonds is 4. The highest BCUT2D eigenvalue weighted by Gasteiger charge is 2.34. The molecule has 0 saturated carbocycles. The topological polar surface area (TPSA) is 90.2 Å². The fourth-order valence-electron chi connectivity index (χ4n) is 3.30. The molecule has 0 saturated heterocycles. The third kappa shape index (κ3) is 4.50. The molecular formula is C20H17F4N5O2. The molecule has 0 amide bonds. The Bertz CT molecular complexity index is 1170. The lowest BCUT2D eigenvalue weighted by molar-refractivity contribution is -0.153. The van der Waals surface area contributed by atoms with E-state index in [9.17, 15) is 22.4 Å². The fourth-order valence-corrected chi connectivity index (χ4v) is 3.30. The largest absolute Gasteiger partial charge is 0.455 e. The van der Waals surface area contributed by atoms with Gasteiger partial charge in [-0.2, -0.15) is 18.2 Å². The highest BCUT2D eigenvalue weighted by Crippen LogP contribution is 2.30. The van der Waals surface area contributed by atoms with Crippen molar-refractivity contribution < 1.29 is 22.0 Å². The van der Waals surface area contributed by atoms with E-state index in [-0.39, 0.29) is 24.1 Å². The SMILES string of the molecule is NC1CN(c2ncn(Cc3ccc(C(F)(F)F)o3)c(=O)n2)CC=C1c1ccc(F)cc1. The molecule has 0 radical (unpaired) electrons. The van der Waals surface area contributed by atoms with Crippen molar-refractivity contribution in [3.63, 3.8) is 0 Å². The second kappa shape index (κ2) is 7.99. The summed E-state index contributed by atoms with van der Waals surface area (Å²) in [5, 5.41) is 0. The normalized spacial score (nSPS) is 17.0. The van der Waals surface area contributed by atoms with Gasteiger partial charge in [-0.3, -0.25) is 4.57 Å². The first-order valence-corrected chi connectivity index (χ1v) is 9.26. The molecule has 162 valence electrons. The van der Waals surface area contributed by atoms with Crippen LogP contribution >= 0.6 is 0 Å². The number of benzene rings is 1. The molecule has 3 heterocycles. The minimum Gasteiger partial charge on any atom is -0.455 e. The van der Waals surface area contributed by atoms with Gasteiger partial charge in [-0.25, -0.2) is 14.2 Å². The molecule has 11 heteroatoms. The van der Waals surface area contributed by atoms with Crippen LogP contribution in [-0.2, 0) is 12.7 Å². The first-order valence-electron chi connectivity index (χ1n) is 9.26. The third-order valence-corrected chi connectivity index (χ3v) is 4.83. The fraction of sp³-hybridized carbons (Fsp3) is 0.250. The molecular weight excluding hydrogens is 418 g/mol. The number of halogens is 4. The van der Waals surface area contributed by atoms with Crippen molar-refractivity contribution in [2.45, 2.75) is 18.8 Å². The van der Waals surface area contributed by atoms with Gasteiger partial charge in [0.2, 0.25) is 11.7 Å². The summed E-state index contributed by atoms with van der Waals surface area (Å²) < 4.78 is 56.8. The first kappa shape index (κ1) is 20.8. The van der Waals surface area contributed by atoms with Gasteiger partial charge in [0.25, 0.3) is 0 Å². The van der Waals surface area contributed by atoms with Crippen LogP contribution in [0.2, 0.25) is 0 Å². The van der Waals surface area contributed by atoms with Gasteiger partial charge in [0.15, 0.2) is 0 Å². The Morgan fingerprint density at radius 2 is 1.90 bits per heavy atom. The van der Waals surface area contributed by atoms with Crippen molar-refractivity contribution in [3.05, 3.63) is 82.2 Å². The zero-order valence-corrected chi connectivity index (χ0v) is 16.0. The second-order valence-electron chi connectivity index (χ2n) is 7.01. The van der Waals surface area contributed by atoms with Crippen LogP contribution in [-0.4, -0.2) is 33.7 Å². The zero-order chi connectivity index (χ0) is 22.2. The molecule has 2 N–H and O–H groups in total. The Labute approximate surface area is 173 Å². The van der Waals surface area contributed by atoms with E-state index in [4.69, 9.17) is 10.2 Å². The number of alkyl halides is 3. The average molecular weight is 435 g/mol. The lowest BCUT2D eigenvalue weighted by Crippen LogP contribution is -2.44. The van der Waals surface area contributed by atoms with Crippen molar-refractivity contribution in [1.29, 1.82) is 0 Å². The summed E-state index contributed by atoms with van der Waals surface area (Å²) in [6.45, 7) is 0.486. The van der Waals surface area contributed by atoms with Gasteiger partial charge in [-0.1, -0.05) is 18.2 Å². The van der Waals surface area contributed by atoms with E-state index in [1.807, 2.05) is 6.08 Å². The molecule has 31 heavy (non-hydrogen) atoms. The Morgan fingerprint density at radius 3 is 2.52 bits per heavy atom. The molecule has 2 aromatic heterocycles. The van der Waals surface area contributed by atoms with Crippen molar-refractivity contribution in [2.24, 2.45) is 5.73 Å². The molecule has 0 fully saturated rings. The Morgan fingerprint density at radius 1 is 1.16 bits per heavy atom. The number of aromatic nitrogens is 3. The van der Waals surface area contributed by atoms with Crippen molar-refractivity contribution in [3.8, 4) is 0 Å². The van der Waals surface area contributed by atoms with Crippen LogP contribution in [0.15, 0.2) is 58.0 Å². The van der Waals surface area contributed by atoms with E-state index in [0.29, 0.717) is 13.1 Å². The summed E-state index contributed by atoms with van der Waals surface area (Å²) in [5.74, 6) is -1.37. The minimum atomic E-state index is -4.60. The van der Waals surface area contributed by atoms with Crippen LogP contribution in [0.4, 0.5) is 23.5 Å². The zero-order valence-electron chi connectivity index (χ0n) is 16.0. The summed E-state index contributed by atoms with van der Waals surface area (Å²) in [7, 11) is 0. The van der Waals surface area contributed by atoms with Crippen molar-refractivity contribution in [2.75, 3.05) is 18.0 Å². The van der Waals surface area contributed by atoms with E-state index in [2.05, 4.69) is 9.97 Å². The second-order valence-corrected chi connectivity index (χ2v) is 7.01. The summed E-state index contributed by atoms with van der Waals surface area (Å²) in [6.07, 6.45) is -1.54. The van der Waals surface area contributed by atoms with Gasteiger partial charge < -0.3 is 15.1 Å². The highest BCUT2D eigenvalue weighted by molar-refractivity contribution is 5.72. The summed E-state index contributed by atoms with van der Waals surface area (Å²) in [6, 6.07) is 7.54. The van der Waals surface area contributed by atoms with Gasteiger partial charge in [0, 0.05) is 19.1 Å². The number of hydrogen-bond acceptors (Lipinski definition) is 6. The monoisotopic (exact) mass is 435 g/mol. The molecule has 0 aliphatic carbocycles. The number of nitrogens with zero attached hydrogens (tertiary/aromatic N) is 4. The van der Waals surface area contributed by atoms with Crippen molar-refractivity contribution >= 4 is 11.5 Å². The molecule has 1 unspecified atom stereocenters. The standard InChI is InChI=1S/C20H17F4N5O2/c21-13-3-1-12(2-4-13)15-7-8-28(10-16(15)25)18-26-11-29(19(30)27-18)9-14-5-6-17(31-14)20(22,23)24/h1-7,11,16H,8-10,25H2. The first-order chi connectivity index (χ1) is 14.7. The third-order valence-electron chi connectivity index (χ3n) is 4.83. The molecule has 1 atom stereocenters. The quantitative estimate of drug-likeness (QED) is 0.634. The Kier molecular flexibility index (Phi) is 5.36. The number of hydrogen-bond donors (Lipinski definition) is 1. The van der Waals surface area contributed by atoms with E-state index >= 15 is 0 Å². The van der Waals surface area contributed by atoms with Crippen LogP contribution in [0, 0.1) is 5.82 Å². The minimum absolute atomic E-state index is 0.0438. The molecule has 0 bridgehead atoms. The summed E-state index contributed by atoms with van der Waals surface area (Å²) in [4.78, 5) is 22.1.